The Balaban J connectivity index is 1.73. The lowest BCUT2D eigenvalue weighted by Gasteiger charge is -2.50. The molecule has 0 saturated heterocycles. The van der Waals surface area contributed by atoms with E-state index >= 15 is 0 Å². The summed E-state index contributed by atoms with van der Waals surface area (Å²) in [5, 5.41) is 44.4. The summed E-state index contributed by atoms with van der Waals surface area (Å²) in [6.07, 6.45) is 6.38. The van der Waals surface area contributed by atoms with Gasteiger partial charge in [-0.2, -0.15) is 0 Å². The molecule has 4 aliphatic carbocycles. The summed E-state index contributed by atoms with van der Waals surface area (Å²) in [5.41, 5.74) is 3.59. The lowest BCUT2D eigenvalue weighted by Crippen LogP contribution is -2.65. The molecule has 4 aliphatic rings. The van der Waals surface area contributed by atoms with E-state index in [1.165, 1.54) is 11.0 Å². The van der Waals surface area contributed by atoms with Crippen molar-refractivity contribution in [2.24, 2.45) is 17.6 Å². The zero-order valence-electron chi connectivity index (χ0n) is 19.5. The number of aliphatic hydroxyl groups is 3. The molecule has 5 rings (SSSR count). The Bertz CT molecular complexity index is 1270. The van der Waals surface area contributed by atoms with Gasteiger partial charge in [-0.1, -0.05) is 18.2 Å². The van der Waals surface area contributed by atoms with Crippen molar-refractivity contribution in [2.45, 2.75) is 43.2 Å². The third-order valence-corrected chi connectivity index (χ3v) is 8.05. The minimum Gasteiger partial charge on any atom is -0.508 e. The second-order valence-corrected chi connectivity index (χ2v) is 10.1. The van der Waals surface area contributed by atoms with E-state index in [-0.39, 0.29) is 29.2 Å². The number of allylic oxidation sites excluding steroid dienone is 2. The fraction of sp³-hybridized carbons (Fsp3) is 0.423. The summed E-state index contributed by atoms with van der Waals surface area (Å²) in [4.78, 5) is 40.5. The number of aromatic hydroxyl groups is 1. The van der Waals surface area contributed by atoms with E-state index in [0.29, 0.717) is 6.42 Å². The molecule has 0 aliphatic heterocycles. The summed E-state index contributed by atoms with van der Waals surface area (Å²) in [6.45, 7) is 0. The molecule has 1 amide bonds. The van der Waals surface area contributed by atoms with Gasteiger partial charge in [0, 0.05) is 17.4 Å². The quantitative estimate of drug-likeness (QED) is 0.320. The SMILES string of the molecule is CN(C)[C@H]1C(=O)C(C(N)=O)=C(O)[C@]2(O)C(=O)C3=C(O)c4c(O)ccc(C5C=CCC5)c4C[C@@H]3C[C@H]12. The Hall–Kier alpha value is -3.43. The smallest absolute Gasteiger partial charge is 0.255 e. The Morgan fingerprint density at radius 3 is 2.49 bits per heavy atom. The van der Waals surface area contributed by atoms with Crippen LogP contribution in [-0.2, 0) is 20.8 Å². The average Bonchev–Trinajstić information content (AvgIpc) is 3.30. The third-order valence-electron chi connectivity index (χ3n) is 8.05. The number of hydrogen-bond acceptors (Lipinski definition) is 8. The Kier molecular flexibility index (Phi) is 5.19. The number of benzene rings is 1. The number of aliphatic hydroxyl groups excluding tert-OH is 2. The molecule has 0 spiro atoms. The van der Waals surface area contributed by atoms with Crippen molar-refractivity contribution in [1.82, 2.24) is 4.90 Å². The van der Waals surface area contributed by atoms with Crippen molar-refractivity contribution in [3.8, 4) is 5.75 Å². The number of phenols is 1. The van der Waals surface area contributed by atoms with Gasteiger partial charge in [0.1, 0.15) is 22.8 Å². The largest absolute Gasteiger partial charge is 0.508 e. The number of carbonyl (C=O) groups is 3. The van der Waals surface area contributed by atoms with E-state index in [4.69, 9.17) is 5.73 Å². The molecule has 1 fully saturated rings. The van der Waals surface area contributed by atoms with E-state index in [0.717, 1.165) is 24.0 Å². The number of nitrogens with zero attached hydrogens (tertiary/aromatic N) is 1. The molecule has 0 heterocycles. The molecular formula is C26H28N2O7. The van der Waals surface area contributed by atoms with E-state index in [2.05, 4.69) is 12.2 Å². The summed E-state index contributed by atoms with van der Waals surface area (Å²) < 4.78 is 0. The lowest BCUT2D eigenvalue weighted by atomic mass is 9.57. The third kappa shape index (κ3) is 3.04. The van der Waals surface area contributed by atoms with Gasteiger partial charge in [-0.3, -0.25) is 19.3 Å². The number of primary amides is 1. The maximum atomic E-state index is 13.8. The van der Waals surface area contributed by atoms with Crippen LogP contribution in [0.2, 0.25) is 0 Å². The standard InChI is InChI=1S/C26H28N2O7/c1-28(2)20-15-10-12-9-14-13(11-5-3-4-6-11)7-8-16(29)18(14)21(30)17(12)23(32)26(15,35)24(33)19(22(20)31)25(27)34/h3,5,7-8,11-12,15,20,29-30,33,35H,4,6,9-10H2,1-2H3,(H2,27,34)/t11?,12-,15-,20-,26-/m1/s1. The number of hydrogen-bond donors (Lipinski definition) is 5. The van der Waals surface area contributed by atoms with Crippen LogP contribution in [0.15, 0.2) is 41.2 Å². The van der Waals surface area contributed by atoms with E-state index in [1.807, 2.05) is 6.07 Å². The highest BCUT2D eigenvalue weighted by Gasteiger charge is 2.64. The van der Waals surface area contributed by atoms with Crippen molar-refractivity contribution >= 4 is 23.2 Å². The highest BCUT2D eigenvalue weighted by atomic mass is 16.3. The van der Waals surface area contributed by atoms with Crippen molar-refractivity contribution < 1.29 is 34.8 Å². The second kappa shape index (κ2) is 7.79. The van der Waals surface area contributed by atoms with E-state index < -0.39 is 58.0 Å². The van der Waals surface area contributed by atoms with Crippen LogP contribution in [0, 0.1) is 11.8 Å². The molecule has 9 heteroatoms. The first-order chi connectivity index (χ1) is 16.5. The van der Waals surface area contributed by atoms with Crippen LogP contribution in [0.3, 0.4) is 0 Å². The summed E-state index contributed by atoms with van der Waals surface area (Å²) in [5.74, 6) is -6.26. The van der Waals surface area contributed by atoms with Gasteiger partial charge in [0.15, 0.2) is 11.4 Å². The molecule has 184 valence electrons. The molecule has 1 aromatic carbocycles. The molecule has 5 atom stereocenters. The summed E-state index contributed by atoms with van der Waals surface area (Å²) in [7, 11) is 3.16. The second-order valence-electron chi connectivity index (χ2n) is 10.1. The van der Waals surface area contributed by atoms with Gasteiger partial charge in [0.2, 0.25) is 5.78 Å². The minimum absolute atomic E-state index is 0.0847. The number of rotatable bonds is 3. The van der Waals surface area contributed by atoms with Crippen molar-refractivity contribution in [3.05, 3.63) is 57.9 Å². The first kappa shape index (κ1) is 23.3. The van der Waals surface area contributed by atoms with Crippen LogP contribution in [0.4, 0.5) is 0 Å². The topological polar surface area (TPSA) is 161 Å². The average molecular weight is 481 g/mol. The normalized spacial score (nSPS) is 32.1. The molecule has 1 saturated carbocycles. The van der Waals surface area contributed by atoms with Gasteiger partial charge in [-0.15, -0.1) is 0 Å². The summed E-state index contributed by atoms with van der Waals surface area (Å²) in [6, 6.07) is 2.22. The zero-order chi connectivity index (χ0) is 25.4. The maximum absolute atomic E-state index is 13.8. The van der Waals surface area contributed by atoms with Gasteiger partial charge in [0.05, 0.1) is 11.6 Å². The van der Waals surface area contributed by atoms with E-state index in [9.17, 15) is 34.8 Å². The van der Waals surface area contributed by atoms with E-state index in [1.54, 1.807) is 14.1 Å². The van der Waals surface area contributed by atoms with Crippen LogP contribution in [0.25, 0.3) is 5.76 Å². The van der Waals surface area contributed by atoms with Crippen LogP contribution >= 0.6 is 0 Å². The maximum Gasteiger partial charge on any atom is 0.255 e. The Labute approximate surface area is 201 Å². The minimum atomic E-state index is -2.62. The van der Waals surface area contributed by atoms with Gasteiger partial charge in [-0.05, 0) is 62.9 Å². The number of likely N-dealkylation sites (N-methyl/N-ethyl adjacent to an activating group) is 1. The summed E-state index contributed by atoms with van der Waals surface area (Å²) >= 11 is 0. The number of carbonyl (C=O) groups excluding carboxylic acids is 3. The highest BCUT2D eigenvalue weighted by Crippen LogP contribution is 2.53. The monoisotopic (exact) mass is 480 g/mol. The number of fused-ring (bicyclic) bond motifs is 3. The Morgan fingerprint density at radius 2 is 1.89 bits per heavy atom. The number of phenolic OH excluding ortho intramolecular Hbond substituents is 1. The first-order valence-corrected chi connectivity index (χ1v) is 11.7. The fourth-order valence-corrected chi connectivity index (χ4v) is 6.51. The molecule has 9 nitrogen and oxygen atoms in total. The molecule has 0 bridgehead atoms. The number of Topliss-reactive ketones (excluding diaryl/α,β-unsaturated/α-hetero) is 2. The van der Waals surface area contributed by atoms with Crippen molar-refractivity contribution in [2.75, 3.05) is 14.1 Å². The van der Waals surface area contributed by atoms with Gasteiger partial charge in [0.25, 0.3) is 5.91 Å². The molecule has 0 radical (unpaired) electrons. The molecule has 6 N–H and O–H groups in total. The van der Waals surface area contributed by atoms with Crippen LogP contribution in [-0.4, -0.2) is 68.5 Å². The highest BCUT2D eigenvalue weighted by molar-refractivity contribution is 6.24. The number of ketones is 2. The predicted octanol–water partition coefficient (Wildman–Crippen LogP) is 1.40. The van der Waals surface area contributed by atoms with Gasteiger partial charge < -0.3 is 26.2 Å². The van der Waals surface area contributed by atoms with Crippen LogP contribution < -0.4 is 5.73 Å². The van der Waals surface area contributed by atoms with Crippen molar-refractivity contribution in [1.29, 1.82) is 0 Å². The molecule has 1 aromatic rings. The molecule has 0 aromatic heterocycles. The predicted molar refractivity (Wildman–Crippen MR) is 125 cm³/mol. The van der Waals surface area contributed by atoms with Gasteiger partial charge in [-0.25, -0.2) is 0 Å². The lowest BCUT2D eigenvalue weighted by molar-refractivity contribution is -0.153. The molecule has 35 heavy (non-hydrogen) atoms. The zero-order valence-corrected chi connectivity index (χ0v) is 19.5. The van der Waals surface area contributed by atoms with Crippen LogP contribution in [0.1, 0.15) is 41.9 Å². The van der Waals surface area contributed by atoms with Crippen molar-refractivity contribution in [3.63, 3.8) is 0 Å². The molecule has 1 unspecified atom stereocenters. The van der Waals surface area contributed by atoms with Crippen LogP contribution in [0.5, 0.6) is 5.75 Å². The Morgan fingerprint density at radius 1 is 1.17 bits per heavy atom. The van der Waals surface area contributed by atoms with Gasteiger partial charge >= 0.3 is 0 Å². The number of nitrogens with two attached hydrogens (primary N) is 1. The fourth-order valence-electron chi connectivity index (χ4n) is 6.51. The molecular weight excluding hydrogens is 452 g/mol. The first-order valence-electron chi connectivity index (χ1n) is 11.7. The number of amides is 1.